The number of halogens is 2. The van der Waals surface area contributed by atoms with E-state index in [-0.39, 0.29) is 17.8 Å². The number of aromatic amines is 1. The number of carbonyl (C=O) groups excluding carboxylic acids is 1. The largest absolute Gasteiger partial charge is 0.323 e. The Morgan fingerprint density at radius 3 is 2.96 bits per heavy atom. The average molecular weight is 333 g/mol. The maximum absolute atomic E-state index is 12.9. The quantitative estimate of drug-likeness (QED) is 0.764. The SMILES string of the molecule is Cc1cc(C(F)F)n(CC(=O)Nc2cccc3c(=O)[nH]cnc23)n1. The highest BCUT2D eigenvalue weighted by atomic mass is 19.3. The minimum absolute atomic E-state index is 0.318. The van der Waals surface area contributed by atoms with Crippen molar-refractivity contribution in [1.82, 2.24) is 19.7 Å². The Bertz CT molecular complexity index is 964. The minimum Gasteiger partial charge on any atom is -0.323 e. The molecule has 0 saturated carbocycles. The van der Waals surface area contributed by atoms with Crippen LogP contribution in [0.15, 0.2) is 35.4 Å². The van der Waals surface area contributed by atoms with E-state index in [2.05, 4.69) is 20.4 Å². The highest BCUT2D eigenvalue weighted by molar-refractivity contribution is 5.99. The molecule has 2 aromatic heterocycles. The summed E-state index contributed by atoms with van der Waals surface area (Å²) in [5.41, 5.74) is 0.386. The zero-order chi connectivity index (χ0) is 17.3. The predicted octanol–water partition coefficient (Wildman–Crippen LogP) is 2.00. The Hall–Kier alpha value is -3.10. The first-order valence-electron chi connectivity index (χ1n) is 7.04. The summed E-state index contributed by atoms with van der Waals surface area (Å²) in [4.78, 5) is 30.4. The molecular formula is C15H13F2N5O2. The predicted molar refractivity (Wildman–Crippen MR) is 82.9 cm³/mol. The zero-order valence-corrected chi connectivity index (χ0v) is 12.6. The summed E-state index contributed by atoms with van der Waals surface area (Å²) < 4.78 is 26.8. The first-order valence-corrected chi connectivity index (χ1v) is 7.04. The van der Waals surface area contributed by atoms with Crippen LogP contribution < -0.4 is 10.9 Å². The third-order valence-electron chi connectivity index (χ3n) is 3.39. The third kappa shape index (κ3) is 3.00. The van der Waals surface area contributed by atoms with Gasteiger partial charge in [-0.3, -0.25) is 14.3 Å². The van der Waals surface area contributed by atoms with Crippen LogP contribution in [0.2, 0.25) is 0 Å². The van der Waals surface area contributed by atoms with E-state index < -0.39 is 12.3 Å². The number of para-hydroxylation sites is 1. The number of nitrogens with one attached hydrogen (secondary N) is 2. The lowest BCUT2D eigenvalue weighted by molar-refractivity contribution is -0.117. The van der Waals surface area contributed by atoms with E-state index in [1.807, 2.05) is 0 Å². The van der Waals surface area contributed by atoms with Gasteiger partial charge in [0.1, 0.15) is 17.8 Å². The van der Waals surface area contributed by atoms with E-state index in [1.54, 1.807) is 25.1 Å². The van der Waals surface area contributed by atoms with Crippen LogP contribution in [0, 0.1) is 6.92 Å². The number of fused-ring (bicyclic) bond motifs is 1. The molecule has 2 N–H and O–H groups in total. The highest BCUT2D eigenvalue weighted by Gasteiger charge is 2.18. The molecule has 2 heterocycles. The van der Waals surface area contributed by atoms with Gasteiger partial charge in [-0.2, -0.15) is 5.10 Å². The van der Waals surface area contributed by atoms with Gasteiger partial charge in [-0.1, -0.05) is 6.07 Å². The van der Waals surface area contributed by atoms with Crippen molar-refractivity contribution in [2.75, 3.05) is 5.32 Å². The smallest absolute Gasteiger partial charge is 0.280 e. The molecule has 3 rings (SSSR count). The molecule has 0 aliphatic heterocycles. The highest BCUT2D eigenvalue weighted by Crippen LogP contribution is 2.21. The van der Waals surface area contributed by atoms with Crippen molar-refractivity contribution in [3.05, 3.63) is 52.3 Å². The number of rotatable bonds is 4. The number of benzene rings is 1. The number of alkyl halides is 2. The van der Waals surface area contributed by atoms with Gasteiger partial charge in [-0.05, 0) is 25.1 Å². The molecule has 0 atom stereocenters. The van der Waals surface area contributed by atoms with Crippen molar-refractivity contribution < 1.29 is 13.6 Å². The molecule has 0 spiro atoms. The van der Waals surface area contributed by atoms with E-state index in [4.69, 9.17) is 0 Å². The fourth-order valence-electron chi connectivity index (χ4n) is 2.39. The van der Waals surface area contributed by atoms with Crippen LogP contribution in [0.3, 0.4) is 0 Å². The number of carbonyl (C=O) groups is 1. The minimum atomic E-state index is -2.73. The standard InChI is InChI=1S/C15H13F2N5O2/c1-8-5-11(14(16)17)22(21-8)6-12(23)20-10-4-2-3-9-13(10)18-7-19-15(9)24/h2-5,7,14H,6H2,1H3,(H,20,23)(H,18,19,24). The van der Waals surface area contributed by atoms with Gasteiger partial charge < -0.3 is 10.3 Å². The van der Waals surface area contributed by atoms with Gasteiger partial charge in [0.15, 0.2) is 0 Å². The molecule has 0 radical (unpaired) electrons. The number of hydrogen-bond donors (Lipinski definition) is 2. The van der Waals surface area contributed by atoms with Gasteiger partial charge in [0.05, 0.1) is 23.1 Å². The van der Waals surface area contributed by atoms with Crippen LogP contribution in [0.4, 0.5) is 14.5 Å². The van der Waals surface area contributed by atoms with Crippen LogP contribution in [-0.4, -0.2) is 25.7 Å². The molecule has 9 heteroatoms. The number of hydrogen-bond acceptors (Lipinski definition) is 4. The van der Waals surface area contributed by atoms with E-state index in [9.17, 15) is 18.4 Å². The normalized spacial score (nSPS) is 11.2. The Kier molecular flexibility index (Phi) is 4.07. The maximum Gasteiger partial charge on any atom is 0.280 e. The monoisotopic (exact) mass is 333 g/mol. The molecule has 7 nitrogen and oxygen atoms in total. The van der Waals surface area contributed by atoms with Crippen molar-refractivity contribution in [3.8, 4) is 0 Å². The Morgan fingerprint density at radius 2 is 2.21 bits per heavy atom. The van der Waals surface area contributed by atoms with Crippen molar-refractivity contribution in [2.24, 2.45) is 0 Å². The lowest BCUT2D eigenvalue weighted by atomic mass is 10.2. The fraction of sp³-hybridized carbons (Fsp3) is 0.200. The number of amides is 1. The molecule has 124 valence electrons. The van der Waals surface area contributed by atoms with E-state index in [0.29, 0.717) is 22.3 Å². The van der Waals surface area contributed by atoms with Crippen molar-refractivity contribution >= 4 is 22.5 Å². The van der Waals surface area contributed by atoms with E-state index in [1.165, 1.54) is 12.4 Å². The van der Waals surface area contributed by atoms with E-state index in [0.717, 1.165) is 4.68 Å². The fourth-order valence-corrected chi connectivity index (χ4v) is 2.39. The molecule has 0 bridgehead atoms. The third-order valence-corrected chi connectivity index (χ3v) is 3.39. The Morgan fingerprint density at radius 1 is 1.42 bits per heavy atom. The number of anilines is 1. The summed E-state index contributed by atoms with van der Waals surface area (Å²) in [7, 11) is 0. The molecule has 0 aliphatic carbocycles. The van der Waals surface area contributed by atoms with Crippen LogP contribution >= 0.6 is 0 Å². The molecule has 0 saturated heterocycles. The molecule has 0 fully saturated rings. The molecule has 0 unspecified atom stereocenters. The molecule has 3 aromatic rings. The van der Waals surface area contributed by atoms with E-state index >= 15 is 0 Å². The van der Waals surface area contributed by atoms with Gasteiger partial charge in [0.25, 0.3) is 12.0 Å². The lowest BCUT2D eigenvalue weighted by Crippen LogP contribution is -2.21. The molecule has 0 aliphatic rings. The second-order valence-corrected chi connectivity index (χ2v) is 5.15. The number of aryl methyl sites for hydroxylation is 1. The van der Waals surface area contributed by atoms with Gasteiger partial charge in [-0.25, -0.2) is 13.8 Å². The van der Waals surface area contributed by atoms with Gasteiger partial charge in [-0.15, -0.1) is 0 Å². The molecule has 1 aromatic carbocycles. The van der Waals surface area contributed by atoms with Crippen molar-refractivity contribution in [1.29, 1.82) is 0 Å². The number of nitrogens with zero attached hydrogens (tertiary/aromatic N) is 3. The second kappa shape index (κ2) is 6.19. The van der Waals surface area contributed by atoms with Crippen LogP contribution in [-0.2, 0) is 11.3 Å². The topological polar surface area (TPSA) is 92.7 Å². The second-order valence-electron chi connectivity index (χ2n) is 5.15. The maximum atomic E-state index is 12.9. The van der Waals surface area contributed by atoms with Crippen LogP contribution in [0.25, 0.3) is 10.9 Å². The lowest BCUT2D eigenvalue weighted by Gasteiger charge is -2.09. The van der Waals surface area contributed by atoms with Crippen molar-refractivity contribution in [2.45, 2.75) is 19.9 Å². The molecule has 1 amide bonds. The van der Waals surface area contributed by atoms with Crippen molar-refractivity contribution in [3.63, 3.8) is 0 Å². The average Bonchev–Trinajstić information content (AvgIpc) is 2.89. The summed E-state index contributed by atoms with van der Waals surface area (Å²) in [5, 5.41) is 6.79. The summed E-state index contributed by atoms with van der Waals surface area (Å²) >= 11 is 0. The Labute approximate surface area is 134 Å². The summed E-state index contributed by atoms with van der Waals surface area (Å²) in [6.07, 6.45) is -1.50. The summed E-state index contributed by atoms with van der Waals surface area (Å²) in [6, 6.07) is 5.98. The van der Waals surface area contributed by atoms with Crippen LogP contribution in [0.5, 0.6) is 0 Å². The van der Waals surface area contributed by atoms with Gasteiger partial charge >= 0.3 is 0 Å². The number of H-pyrrole nitrogens is 1. The van der Waals surface area contributed by atoms with Gasteiger partial charge in [0, 0.05) is 0 Å². The summed E-state index contributed by atoms with van der Waals surface area (Å²) in [5.74, 6) is -0.547. The first-order chi connectivity index (χ1) is 11.5. The van der Waals surface area contributed by atoms with Crippen LogP contribution in [0.1, 0.15) is 17.8 Å². The van der Waals surface area contributed by atoms with Gasteiger partial charge in [0.2, 0.25) is 5.91 Å². The molecular weight excluding hydrogens is 320 g/mol. The first kappa shape index (κ1) is 15.8. The summed E-state index contributed by atoms with van der Waals surface area (Å²) in [6.45, 7) is 1.20. The Balaban J connectivity index is 1.86. The number of aromatic nitrogens is 4. The molecule has 24 heavy (non-hydrogen) atoms. The zero-order valence-electron chi connectivity index (χ0n) is 12.6.